The predicted octanol–water partition coefficient (Wildman–Crippen LogP) is 2.45. The minimum atomic E-state index is 0.881. The largest absolute Gasteiger partial charge is 0.379 e. The van der Waals surface area contributed by atoms with Gasteiger partial charge in [-0.25, -0.2) is 0 Å². The Morgan fingerprint density at radius 2 is 1.93 bits per heavy atom. The summed E-state index contributed by atoms with van der Waals surface area (Å²) >= 11 is 2.41. The number of nitrogens with zero attached hydrogens (tertiary/aromatic N) is 1. The van der Waals surface area contributed by atoms with Gasteiger partial charge in [-0.05, 0) is 11.1 Å². The zero-order valence-electron chi connectivity index (χ0n) is 8.79. The minimum Gasteiger partial charge on any atom is -0.379 e. The van der Waals surface area contributed by atoms with E-state index in [0.29, 0.717) is 0 Å². The van der Waals surface area contributed by atoms with Gasteiger partial charge in [0, 0.05) is 24.1 Å². The SMILES string of the molecule is ICc1cccc(CN2CCOCC2)c1. The lowest BCUT2D eigenvalue weighted by Crippen LogP contribution is -2.35. The summed E-state index contributed by atoms with van der Waals surface area (Å²) < 4.78 is 6.43. The molecular formula is C12H16INO. The van der Waals surface area contributed by atoms with Crippen LogP contribution in [0.15, 0.2) is 24.3 Å². The average molecular weight is 317 g/mol. The normalized spacial score (nSPS) is 17.9. The van der Waals surface area contributed by atoms with Crippen molar-refractivity contribution in [2.24, 2.45) is 0 Å². The van der Waals surface area contributed by atoms with Crippen molar-refractivity contribution in [3.8, 4) is 0 Å². The maximum atomic E-state index is 5.34. The van der Waals surface area contributed by atoms with Crippen LogP contribution in [-0.4, -0.2) is 31.2 Å². The van der Waals surface area contributed by atoms with Crippen LogP contribution in [0.2, 0.25) is 0 Å². The van der Waals surface area contributed by atoms with Crippen LogP contribution in [-0.2, 0) is 15.7 Å². The van der Waals surface area contributed by atoms with E-state index in [1.165, 1.54) is 11.1 Å². The van der Waals surface area contributed by atoms with E-state index in [0.717, 1.165) is 37.3 Å². The summed E-state index contributed by atoms with van der Waals surface area (Å²) in [5.74, 6) is 0. The van der Waals surface area contributed by atoms with Gasteiger partial charge >= 0.3 is 0 Å². The van der Waals surface area contributed by atoms with Gasteiger partial charge in [0.05, 0.1) is 13.2 Å². The van der Waals surface area contributed by atoms with Gasteiger partial charge in [0.25, 0.3) is 0 Å². The Labute approximate surface area is 105 Å². The first-order chi connectivity index (χ1) is 7.38. The van der Waals surface area contributed by atoms with Crippen LogP contribution in [0.5, 0.6) is 0 Å². The first kappa shape index (κ1) is 11.4. The molecule has 1 aliphatic heterocycles. The maximum Gasteiger partial charge on any atom is 0.0594 e. The summed E-state index contributed by atoms with van der Waals surface area (Å²) in [6.07, 6.45) is 0. The van der Waals surface area contributed by atoms with Crippen LogP contribution in [0, 0.1) is 0 Å². The molecule has 0 saturated carbocycles. The standard InChI is InChI=1S/C12H16INO/c13-9-11-2-1-3-12(8-11)10-14-4-6-15-7-5-14/h1-3,8H,4-7,9-10H2. The Hall–Kier alpha value is -0.130. The number of benzene rings is 1. The summed E-state index contributed by atoms with van der Waals surface area (Å²) in [6.45, 7) is 4.95. The Kier molecular flexibility index (Phi) is 4.41. The van der Waals surface area contributed by atoms with E-state index < -0.39 is 0 Å². The maximum absolute atomic E-state index is 5.34. The molecule has 0 amide bonds. The van der Waals surface area contributed by atoms with Gasteiger partial charge in [-0.2, -0.15) is 0 Å². The van der Waals surface area contributed by atoms with Gasteiger partial charge in [-0.3, -0.25) is 4.90 Å². The number of hydrogen-bond acceptors (Lipinski definition) is 2. The van der Waals surface area contributed by atoms with Gasteiger partial charge in [0.1, 0.15) is 0 Å². The highest BCUT2D eigenvalue weighted by Crippen LogP contribution is 2.12. The minimum absolute atomic E-state index is 0.881. The third-order valence-electron chi connectivity index (χ3n) is 2.66. The Balaban J connectivity index is 1.96. The van der Waals surface area contributed by atoms with Gasteiger partial charge in [0.15, 0.2) is 0 Å². The molecule has 15 heavy (non-hydrogen) atoms. The highest BCUT2D eigenvalue weighted by molar-refractivity contribution is 14.1. The highest BCUT2D eigenvalue weighted by Gasteiger charge is 2.10. The summed E-state index contributed by atoms with van der Waals surface area (Å²) in [5.41, 5.74) is 2.84. The molecule has 2 nitrogen and oxygen atoms in total. The summed E-state index contributed by atoms with van der Waals surface area (Å²) in [5, 5.41) is 0. The second kappa shape index (κ2) is 5.82. The molecule has 3 heteroatoms. The molecule has 82 valence electrons. The van der Waals surface area contributed by atoms with Gasteiger partial charge in [0.2, 0.25) is 0 Å². The fourth-order valence-corrected chi connectivity index (χ4v) is 2.30. The van der Waals surface area contributed by atoms with E-state index >= 15 is 0 Å². The number of hydrogen-bond donors (Lipinski definition) is 0. The quantitative estimate of drug-likeness (QED) is 0.627. The summed E-state index contributed by atoms with van der Waals surface area (Å²) in [4.78, 5) is 2.45. The number of alkyl halides is 1. The van der Waals surface area contributed by atoms with Crippen molar-refractivity contribution in [1.82, 2.24) is 4.90 Å². The second-order valence-corrected chi connectivity index (χ2v) is 4.60. The molecule has 1 aromatic rings. The van der Waals surface area contributed by atoms with Gasteiger partial charge in [-0.15, -0.1) is 0 Å². The zero-order valence-corrected chi connectivity index (χ0v) is 10.9. The van der Waals surface area contributed by atoms with Crippen LogP contribution in [0.25, 0.3) is 0 Å². The monoisotopic (exact) mass is 317 g/mol. The van der Waals surface area contributed by atoms with Crippen LogP contribution in [0.4, 0.5) is 0 Å². The van der Waals surface area contributed by atoms with Crippen LogP contribution in [0.3, 0.4) is 0 Å². The van der Waals surface area contributed by atoms with Crippen LogP contribution >= 0.6 is 22.6 Å². The molecule has 1 aliphatic rings. The molecule has 0 aromatic heterocycles. The van der Waals surface area contributed by atoms with Crippen molar-refractivity contribution < 1.29 is 4.74 Å². The third kappa shape index (κ3) is 3.43. The molecule has 1 aromatic carbocycles. The number of morpholine rings is 1. The Morgan fingerprint density at radius 1 is 1.20 bits per heavy atom. The van der Waals surface area contributed by atoms with Gasteiger partial charge in [-0.1, -0.05) is 46.9 Å². The van der Waals surface area contributed by atoms with Crippen molar-refractivity contribution in [2.45, 2.75) is 11.0 Å². The third-order valence-corrected chi connectivity index (χ3v) is 3.54. The van der Waals surface area contributed by atoms with E-state index in [1.54, 1.807) is 0 Å². The van der Waals surface area contributed by atoms with Gasteiger partial charge < -0.3 is 4.74 Å². The number of halogens is 1. The lowest BCUT2D eigenvalue weighted by molar-refractivity contribution is 0.0342. The molecule has 1 saturated heterocycles. The average Bonchev–Trinajstić information content (AvgIpc) is 2.31. The molecule has 1 heterocycles. The van der Waals surface area contributed by atoms with E-state index in [4.69, 9.17) is 4.74 Å². The van der Waals surface area contributed by atoms with E-state index in [1.807, 2.05) is 0 Å². The van der Waals surface area contributed by atoms with Crippen molar-refractivity contribution in [3.05, 3.63) is 35.4 Å². The van der Waals surface area contributed by atoms with Crippen molar-refractivity contribution in [2.75, 3.05) is 26.3 Å². The summed E-state index contributed by atoms with van der Waals surface area (Å²) in [6, 6.07) is 8.87. The molecule has 2 rings (SSSR count). The van der Waals surface area contributed by atoms with Crippen LogP contribution < -0.4 is 0 Å². The Bertz CT molecular complexity index is 310. The molecular weight excluding hydrogens is 301 g/mol. The highest BCUT2D eigenvalue weighted by atomic mass is 127. The molecule has 0 aliphatic carbocycles. The predicted molar refractivity (Wildman–Crippen MR) is 70.3 cm³/mol. The van der Waals surface area contributed by atoms with Crippen molar-refractivity contribution in [3.63, 3.8) is 0 Å². The molecule has 1 fully saturated rings. The lowest BCUT2D eigenvalue weighted by atomic mass is 10.1. The second-order valence-electron chi connectivity index (χ2n) is 3.84. The first-order valence-corrected chi connectivity index (χ1v) is 6.85. The molecule has 0 spiro atoms. The van der Waals surface area contributed by atoms with E-state index in [2.05, 4.69) is 51.8 Å². The zero-order chi connectivity index (χ0) is 10.5. The van der Waals surface area contributed by atoms with Crippen molar-refractivity contribution in [1.29, 1.82) is 0 Å². The fourth-order valence-electron chi connectivity index (χ4n) is 1.83. The molecule has 0 unspecified atom stereocenters. The smallest absolute Gasteiger partial charge is 0.0594 e. The Morgan fingerprint density at radius 3 is 2.67 bits per heavy atom. The number of rotatable bonds is 3. The topological polar surface area (TPSA) is 12.5 Å². The number of ether oxygens (including phenoxy) is 1. The molecule has 0 N–H and O–H groups in total. The summed E-state index contributed by atoms with van der Waals surface area (Å²) in [7, 11) is 0. The fraction of sp³-hybridized carbons (Fsp3) is 0.500. The first-order valence-electron chi connectivity index (χ1n) is 5.32. The van der Waals surface area contributed by atoms with E-state index in [-0.39, 0.29) is 0 Å². The lowest BCUT2D eigenvalue weighted by Gasteiger charge is -2.26. The van der Waals surface area contributed by atoms with Crippen LogP contribution in [0.1, 0.15) is 11.1 Å². The molecule has 0 bridgehead atoms. The van der Waals surface area contributed by atoms with E-state index in [9.17, 15) is 0 Å². The molecule has 0 atom stereocenters. The molecule has 0 radical (unpaired) electrons. The van der Waals surface area contributed by atoms with Crippen molar-refractivity contribution >= 4 is 22.6 Å².